The molecule has 0 N–H and O–H groups in total. The summed E-state index contributed by atoms with van der Waals surface area (Å²) in [6.45, 7) is 0. The number of methoxy groups -OCH3 is 1. The van der Waals surface area contributed by atoms with E-state index in [4.69, 9.17) is 9.47 Å². The van der Waals surface area contributed by atoms with Crippen molar-refractivity contribution in [3.63, 3.8) is 0 Å². The first-order chi connectivity index (χ1) is 17.8. The van der Waals surface area contributed by atoms with Crippen LogP contribution in [-0.4, -0.2) is 41.0 Å². The van der Waals surface area contributed by atoms with Crippen LogP contribution in [0.3, 0.4) is 0 Å². The number of hydrogen-bond acceptors (Lipinski definition) is 8. The van der Waals surface area contributed by atoms with E-state index in [9.17, 15) is 29.3 Å². The van der Waals surface area contributed by atoms with Crippen molar-refractivity contribution < 1.29 is 33.6 Å². The lowest BCUT2D eigenvalue weighted by molar-refractivity contribution is -0.384. The zero-order valence-corrected chi connectivity index (χ0v) is 19.3. The number of fused-ring (bicyclic) bond motifs is 3. The van der Waals surface area contributed by atoms with Crippen molar-refractivity contribution >= 4 is 34.8 Å². The first-order valence-electron chi connectivity index (χ1n) is 11.4. The molecule has 37 heavy (non-hydrogen) atoms. The highest BCUT2D eigenvalue weighted by Crippen LogP contribution is 2.58. The number of rotatable bonds is 4. The van der Waals surface area contributed by atoms with E-state index >= 15 is 0 Å². The van der Waals surface area contributed by atoms with Crippen LogP contribution in [0.5, 0.6) is 5.75 Å². The monoisotopic (exact) mass is 498 g/mol. The predicted octanol–water partition coefficient (Wildman–Crippen LogP) is 3.30. The molecule has 2 amide bonds. The zero-order chi connectivity index (χ0) is 26.1. The van der Waals surface area contributed by atoms with Gasteiger partial charge < -0.3 is 9.47 Å². The Hall–Kier alpha value is -4.70. The number of carbonyl (C=O) groups is 4. The van der Waals surface area contributed by atoms with Crippen molar-refractivity contribution in [1.82, 2.24) is 0 Å². The average Bonchev–Trinajstić information content (AvgIpc) is 3.48. The SMILES string of the molecule is COc1cc([N+](=O)[O-])ccc1N1C(=O)[C@H]2[C@@H](c3ccccc3)OC3(C(=O)c4ccccc4C3=O)[C@@H]2C1=O. The van der Waals surface area contributed by atoms with Crippen LogP contribution in [0.15, 0.2) is 72.8 Å². The molecule has 3 aromatic carbocycles. The van der Waals surface area contributed by atoms with Crippen LogP contribution in [-0.2, 0) is 14.3 Å². The molecule has 6 rings (SSSR count). The Morgan fingerprint density at radius 2 is 1.51 bits per heavy atom. The number of carbonyl (C=O) groups excluding carboxylic acids is 4. The maximum atomic E-state index is 14.0. The standard InChI is InChI=1S/C27H18N2O8/c1-36-19-13-15(29(34)35)11-12-18(19)28-25(32)20-21(26(28)33)27(37-22(20)14-7-3-2-4-8-14)23(30)16-9-5-6-10-17(16)24(27)31/h2-13,20-22H,1H3/t20-,21+,22-/m1/s1. The van der Waals surface area contributed by atoms with Gasteiger partial charge in [0.1, 0.15) is 5.75 Å². The topological polar surface area (TPSA) is 133 Å². The second-order valence-corrected chi connectivity index (χ2v) is 9.02. The van der Waals surface area contributed by atoms with E-state index in [0.29, 0.717) is 5.56 Å². The molecule has 2 fully saturated rings. The number of benzene rings is 3. The van der Waals surface area contributed by atoms with E-state index in [-0.39, 0.29) is 28.3 Å². The largest absolute Gasteiger partial charge is 0.494 e. The second-order valence-electron chi connectivity index (χ2n) is 9.02. The number of Topliss-reactive ketones (excluding diaryl/α,β-unsaturated/α-hetero) is 2. The van der Waals surface area contributed by atoms with Gasteiger partial charge in [0.25, 0.3) is 5.69 Å². The van der Waals surface area contributed by atoms with E-state index in [1.54, 1.807) is 42.5 Å². The molecule has 3 aromatic rings. The smallest absolute Gasteiger partial charge is 0.273 e. The quantitative estimate of drug-likeness (QED) is 0.232. The maximum absolute atomic E-state index is 14.0. The molecular formula is C27H18N2O8. The summed E-state index contributed by atoms with van der Waals surface area (Å²) in [5, 5.41) is 11.3. The number of hydrogen-bond donors (Lipinski definition) is 0. The fraction of sp³-hybridized carbons (Fsp3) is 0.185. The van der Waals surface area contributed by atoms with Crippen LogP contribution in [0, 0.1) is 22.0 Å². The number of anilines is 1. The van der Waals surface area contributed by atoms with E-state index in [0.717, 1.165) is 17.0 Å². The minimum Gasteiger partial charge on any atom is -0.494 e. The maximum Gasteiger partial charge on any atom is 0.273 e. The summed E-state index contributed by atoms with van der Waals surface area (Å²) >= 11 is 0. The Labute approximate surface area is 209 Å². The fourth-order valence-corrected chi connectivity index (χ4v) is 5.66. The molecule has 1 spiro atoms. The Balaban J connectivity index is 1.54. The van der Waals surface area contributed by atoms with Crippen LogP contribution in [0.2, 0.25) is 0 Å². The lowest BCUT2D eigenvalue weighted by Crippen LogP contribution is -2.51. The summed E-state index contributed by atoms with van der Waals surface area (Å²) in [4.78, 5) is 66.9. The summed E-state index contributed by atoms with van der Waals surface area (Å²) in [6.07, 6.45) is -1.06. The molecule has 10 heteroatoms. The number of nitro benzene ring substituents is 1. The molecule has 3 atom stereocenters. The van der Waals surface area contributed by atoms with Gasteiger partial charge in [-0.15, -0.1) is 0 Å². The Bertz CT molecular complexity index is 1500. The van der Waals surface area contributed by atoms with Crippen molar-refractivity contribution in [2.24, 2.45) is 11.8 Å². The molecule has 1 aliphatic carbocycles. The highest BCUT2D eigenvalue weighted by Gasteiger charge is 2.74. The molecule has 3 aliphatic rings. The summed E-state index contributed by atoms with van der Waals surface area (Å²) in [5.74, 6) is -5.52. The van der Waals surface area contributed by atoms with Crippen molar-refractivity contribution in [2.75, 3.05) is 12.0 Å². The van der Waals surface area contributed by atoms with Gasteiger partial charge in [-0.05, 0) is 11.6 Å². The highest BCUT2D eigenvalue weighted by molar-refractivity contribution is 6.37. The predicted molar refractivity (Wildman–Crippen MR) is 127 cm³/mol. The van der Waals surface area contributed by atoms with Crippen LogP contribution in [0.25, 0.3) is 0 Å². The number of amides is 2. The van der Waals surface area contributed by atoms with Gasteiger partial charge in [-0.25, -0.2) is 4.90 Å². The lowest BCUT2D eigenvalue weighted by atomic mass is 9.77. The van der Waals surface area contributed by atoms with Gasteiger partial charge in [-0.1, -0.05) is 54.6 Å². The summed E-state index contributed by atoms with van der Waals surface area (Å²) in [7, 11) is 1.26. The molecule has 0 saturated carbocycles. The van der Waals surface area contributed by atoms with E-state index in [2.05, 4.69) is 0 Å². The second kappa shape index (κ2) is 7.90. The zero-order valence-electron chi connectivity index (χ0n) is 19.3. The number of nitrogens with zero attached hydrogens (tertiary/aromatic N) is 2. The van der Waals surface area contributed by atoms with Crippen LogP contribution in [0.4, 0.5) is 11.4 Å². The number of ketones is 2. The van der Waals surface area contributed by atoms with Gasteiger partial charge in [0.15, 0.2) is 0 Å². The molecule has 2 heterocycles. The summed E-state index contributed by atoms with van der Waals surface area (Å²) in [5.41, 5.74) is -1.72. The van der Waals surface area contributed by atoms with Crippen LogP contribution in [0.1, 0.15) is 32.4 Å². The third-order valence-corrected chi connectivity index (χ3v) is 7.26. The average molecular weight is 498 g/mol. The van der Waals surface area contributed by atoms with Gasteiger partial charge in [0.05, 0.1) is 41.7 Å². The summed E-state index contributed by atoms with van der Waals surface area (Å²) in [6, 6.07) is 18.3. The Morgan fingerprint density at radius 3 is 2.11 bits per heavy atom. The highest BCUT2D eigenvalue weighted by atomic mass is 16.6. The number of nitro groups is 1. The molecule has 0 radical (unpaired) electrons. The van der Waals surface area contributed by atoms with Gasteiger partial charge >= 0.3 is 0 Å². The first-order valence-corrected chi connectivity index (χ1v) is 11.4. The van der Waals surface area contributed by atoms with Crippen molar-refractivity contribution in [3.05, 3.63) is 99.6 Å². The molecule has 2 saturated heterocycles. The third-order valence-electron chi connectivity index (χ3n) is 7.26. The Morgan fingerprint density at radius 1 is 0.892 bits per heavy atom. The van der Waals surface area contributed by atoms with E-state index in [1.165, 1.54) is 25.3 Å². The lowest BCUT2D eigenvalue weighted by Gasteiger charge is -2.27. The van der Waals surface area contributed by atoms with Crippen molar-refractivity contribution in [2.45, 2.75) is 11.7 Å². The molecule has 184 valence electrons. The number of non-ortho nitro benzene ring substituents is 1. The number of imide groups is 1. The molecular weight excluding hydrogens is 480 g/mol. The molecule has 10 nitrogen and oxygen atoms in total. The van der Waals surface area contributed by atoms with E-state index < -0.39 is 51.8 Å². The minimum atomic E-state index is -2.20. The van der Waals surface area contributed by atoms with Crippen LogP contribution < -0.4 is 9.64 Å². The Kier molecular flexibility index (Phi) is 4.86. The third kappa shape index (κ3) is 2.90. The molecule has 0 unspecified atom stereocenters. The minimum absolute atomic E-state index is 0.0186. The van der Waals surface area contributed by atoms with Gasteiger partial charge in [0.2, 0.25) is 29.0 Å². The molecule has 0 bridgehead atoms. The molecule has 0 aromatic heterocycles. The van der Waals surface area contributed by atoms with Crippen molar-refractivity contribution in [1.29, 1.82) is 0 Å². The van der Waals surface area contributed by atoms with Crippen molar-refractivity contribution in [3.8, 4) is 5.75 Å². The molecule has 2 aliphatic heterocycles. The van der Waals surface area contributed by atoms with Crippen LogP contribution >= 0.6 is 0 Å². The van der Waals surface area contributed by atoms with Gasteiger partial charge in [0, 0.05) is 17.2 Å². The first kappa shape index (κ1) is 22.7. The normalized spacial score (nSPS) is 23.5. The van der Waals surface area contributed by atoms with Gasteiger partial charge in [-0.3, -0.25) is 29.3 Å². The number of ether oxygens (including phenoxy) is 2. The van der Waals surface area contributed by atoms with Gasteiger partial charge in [-0.2, -0.15) is 0 Å². The fourth-order valence-electron chi connectivity index (χ4n) is 5.66. The summed E-state index contributed by atoms with van der Waals surface area (Å²) < 4.78 is 11.5. The van der Waals surface area contributed by atoms with E-state index in [1.807, 2.05) is 0 Å².